The van der Waals surface area contributed by atoms with Gasteiger partial charge in [0.25, 0.3) is 8.32 Å². The van der Waals surface area contributed by atoms with Gasteiger partial charge in [0.2, 0.25) is 0 Å². The molecule has 0 aliphatic heterocycles. The Kier molecular flexibility index (Phi) is 9.77. The number of ether oxygens (including phenoxy) is 3. The quantitative estimate of drug-likeness (QED) is 0.0898. The predicted octanol–water partition coefficient (Wildman–Crippen LogP) is 10.5. The molecule has 3 unspecified atom stereocenters. The third-order valence-electron chi connectivity index (χ3n) is 18.8. The molecule has 8 bridgehead atoms. The SMILES string of the molecule is COc1ccc(C2CC(C(=O)OC3C4CC5CC(C4)CC3C5)(C(=O)OC3C4CC5CC(C4)CC3C5)C3(O[Si](c4ccccc4)(c4ccccc4)C(C)(C)C)c4ccccc4CC23)cc1. The van der Waals surface area contributed by atoms with Gasteiger partial charge in [-0.1, -0.05) is 118 Å². The molecule has 0 aromatic heterocycles. The molecule has 6 nitrogen and oxygen atoms in total. The van der Waals surface area contributed by atoms with E-state index in [0.717, 1.165) is 108 Å². The van der Waals surface area contributed by atoms with Gasteiger partial charge >= 0.3 is 11.9 Å². The lowest BCUT2D eigenvalue weighted by Crippen LogP contribution is -2.72. The third-order valence-corrected chi connectivity index (χ3v) is 23.8. The molecule has 334 valence electrons. The Hall–Kier alpha value is -4.20. The summed E-state index contributed by atoms with van der Waals surface area (Å²) in [4.78, 5) is 33.6. The summed E-state index contributed by atoms with van der Waals surface area (Å²) in [6, 6.07) is 38.5. The first-order valence-corrected chi connectivity index (χ1v) is 26.9. The molecule has 0 spiro atoms. The molecule has 4 aromatic rings. The highest BCUT2D eigenvalue weighted by Gasteiger charge is 2.79. The topological polar surface area (TPSA) is 71.1 Å². The van der Waals surface area contributed by atoms with Crippen LogP contribution in [-0.4, -0.2) is 39.6 Å². The van der Waals surface area contributed by atoms with Gasteiger partial charge in [0.15, 0.2) is 5.41 Å². The number of methoxy groups -OCH3 is 1. The second kappa shape index (κ2) is 15.2. The smallest absolute Gasteiger partial charge is 0.327 e. The Morgan fingerprint density at radius 1 is 0.578 bits per heavy atom. The maximum atomic E-state index is 16.8. The number of esters is 2. The molecule has 0 N–H and O–H groups in total. The largest absolute Gasteiger partial charge is 0.497 e. The first-order chi connectivity index (χ1) is 31.0. The van der Waals surface area contributed by atoms with E-state index in [4.69, 9.17) is 18.6 Å². The van der Waals surface area contributed by atoms with E-state index in [2.05, 4.69) is 118 Å². The van der Waals surface area contributed by atoms with Crippen LogP contribution in [0.2, 0.25) is 5.04 Å². The van der Waals surface area contributed by atoms with E-state index in [9.17, 15) is 0 Å². The molecule has 10 aliphatic carbocycles. The van der Waals surface area contributed by atoms with E-state index in [-0.39, 0.29) is 30.5 Å². The van der Waals surface area contributed by atoms with Gasteiger partial charge in [0.05, 0.1) is 7.11 Å². The summed E-state index contributed by atoms with van der Waals surface area (Å²) in [5.74, 6) is 3.67. The van der Waals surface area contributed by atoms with Gasteiger partial charge in [-0.2, -0.15) is 0 Å². The van der Waals surface area contributed by atoms with Crippen LogP contribution in [0.25, 0.3) is 0 Å². The minimum absolute atomic E-state index is 0.203. The van der Waals surface area contributed by atoms with Crippen molar-refractivity contribution in [3.63, 3.8) is 0 Å². The number of hydrogen-bond donors (Lipinski definition) is 0. The molecule has 4 aromatic carbocycles. The zero-order chi connectivity index (χ0) is 43.6. The molecular weight excluding hydrogens is 809 g/mol. The van der Waals surface area contributed by atoms with Gasteiger partial charge in [0, 0.05) is 5.92 Å². The summed E-state index contributed by atoms with van der Waals surface area (Å²) in [6.45, 7) is 6.93. The highest BCUT2D eigenvalue weighted by atomic mass is 28.4. The van der Waals surface area contributed by atoms with Crippen molar-refractivity contribution in [2.45, 2.75) is 127 Å². The Labute approximate surface area is 381 Å². The fraction of sp³-hybridized carbons (Fsp3) is 0.544. The summed E-state index contributed by atoms with van der Waals surface area (Å²) in [6.07, 6.45) is 12.0. The van der Waals surface area contributed by atoms with Gasteiger partial charge in [-0.15, -0.1) is 0 Å². The number of carbonyl (C=O) groups excluding carboxylic acids is 2. The summed E-state index contributed by atoms with van der Waals surface area (Å²) in [5, 5.41) is 1.81. The van der Waals surface area contributed by atoms with Crippen LogP contribution in [0, 0.1) is 58.7 Å². The van der Waals surface area contributed by atoms with E-state index >= 15 is 9.59 Å². The third kappa shape index (κ3) is 6.03. The van der Waals surface area contributed by atoms with E-state index in [0.29, 0.717) is 30.1 Å². The van der Waals surface area contributed by atoms with Gasteiger partial charge in [0.1, 0.15) is 23.6 Å². The van der Waals surface area contributed by atoms with Crippen molar-refractivity contribution in [2.24, 2.45) is 58.7 Å². The number of fused-ring (bicyclic) bond motifs is 3. The van der Waals surface area contributed by atoms with Crippen molar-refractivity contribution >= 4 is 30.6 Å². The summed E-state index contributed by atoms with van der Waals surface area (Å²) >= 11 is 0. The molecule has 9 fully saturated rings. The van der Waals surface area contributed by atoms with Crippen molar-refractivity contribution in [3.05, 3.63) is 126 Å². The summed E-state index contributed by atoms with van der Waals surface area (Å²) in [5.41, 5.74) is -0.0249. The van der Waals surface area contributed by atoms with Crippen molar-refractivity contribution < 1.29 is 28.2 Å². The Morgan fingerprint density at radius 3 is 1.48 bits per heavy atom. The van der Waals surface area contributed by atoms with E-state index in [1.54, 1.807) is 7.11 Å². The molecule has 0 amide bonds. The highest BCUT2D eigenvalue weighted by Crippen LogP contribution is 2.71. The average molecular weight is 875 g/mol. The van der Waals surface area contributed by atoms with Crippen molar-refractivity contribution in [2.75, 3.05) is 7.11 Å². The Balaban J connectivity index is 1.11. The van der Waals surface area contributed by atoms with E-state index < -0.39 is 36.3 Å². The van der Waals surface area contributed by atoms with Crippen LogP contribution in [0.3, 0.4) is 0 Å². The lowest BCUT2D eigenvalue weighted by Gasteiger charge is -2.56. The van der Waals surface area contributed by atoms with Gasteiger partial charge < -0.3 is 18.6 Å². The maximum Gasteiger partial charge on any atom is 0.327 e. The van der Waals surface area contributed by atoms with Crippen molar-refractivity contribution in [1.29, 1.82) is 0 Å². The standard InChI is InChI=1S/C57H66O6Si/c1-55(2,3)64(46-14-7-5-8-15-46,47-16-9-6-10-17-47)63-57-49-18-12-11-13-40(49)33-50(57)48(39-19-21-45(60-4)22-20-39)34-56(57,53(58)61-51-41-25-35-23-36(27-41)28-42(51)26-35)54(59)62-52-43-29-37-24-38(31-43)32-44(52)30-37/h5-22,35-38,41-44,48,50-52H,23-34H2,1-4H3. The van der Waals surface area contributed by atoms with Crippen LogP contribution in [0.15, 0.2) is 109 Å². The van der Waals surface area contributed by atoms with E-state index in [1.807, 2.05) is 12.1 Å². The first kappa shape index (κ1) is 41.2. The average Bonchev–Trinajstić information content (AvgIpc) is 3.77. The molecule has 0 heterocycles. The van der Waals surface area contributed by atoms with Crippen LogP contribution in [0.1, 0.15) is 114 Å². The second-order valence-corrected chi connectivity index (χ2v) is 27.3. The minimum Gasteiger partial charge on any atom is -0.497 e. The molecule has 0 radical (unpaired) electrons. The predicted molar refractivity (Wildman–Crippen MR) is 251 cm³/mol. The molecule has 0 saturated heterocycles. The molecule has 14 rings (SSSR count). The summed E-state index contributed by atoms with van der Waals surface area (Å²) in [7, 11) is -1.80. The fourth-order valence-corrected chi connectivity index (χ4v) is 21.5. The molecule has 64 heavy (non-hydrogen) atoms. The first-order valence-electron chi connectivity index (χ1n) is 25.0. The van der Waals surface area contributed by atoms with Crippen molar-refractivity contribution in [1.82, 2.24) is 0 Å². The Morgan fingerprint density at radius 2 is 1.03 bits per heavy atom. The zero-order valence-corrected chi connectivity index (χ0v) is 39.3. The molecule has 3 atom stereocenters. The molecule has 7 heteroatoms. The number of carbonyl (C=O) groups is 2. The van der Waals surface area contributed by atoms with Gasteiger partial charge in [-0.3, -0.25) is 9.59 Å². The minimum atomic E-state index is -3.50. The number of rotatable bonds is 10. The lowest BCUT2D eigenvalue weighted by atomic mass is 9.55. The van der Waals surface area contributed by atoms with Crippen LogP contribution in [-0.2, 0) is 35.5 Å². The highest BCUT2D eigenvalue weighted by molar-refractivity contribution is 6.99. The number of benzene rings is 4. The molecule has 9 saturated carbocycles. The van der Waals surface area contributed by atoms with Crippen LogP contribution in [0.5, 0.6) is 5.75 Å². The van der Waals surface area contributed by atoms with Crippen LogP contribution >= 0.6 is 0 Å². The second-order valence-electron chi connectivity index (χ2n) is 23.1. The van der Waals surface area contributed by atoms with E-state index in [1.165, 1.54) is 12.8 Å². The monoisotopic (exact) mass is 874 g/mol. The maximum absolute atomic E-state index is 16.8. The molecular formula is C57H66O6Si. The normalized spacial score (nSPS) is 37.6. The van der Waals surface area contributed by atoms with Crippen LogP contribution in [0.4, 0.5) is 0 Å². The van der Waals surface area contributed by atoms with Gasteiger partial charge in [-0.05, 0) is 175 Å². The summed E-state index contributed by atoms with van der Waals surface area (Å²) < 4.78 is 29.1. The van der Waals surface area contributed by atoms with Gasteiger partial charge in [-0.25, -0.2) is 0 Å². The molecule has 10 aliphatic rings. The fourth-order valence-electron chi connectivity index (χ4n) is 16.7. The Bertz CT molecular complexity index is 2250. The zero-order valence-electron chi connectivity index (χ0n) is 38.3. The van der Waals surface area contributed by atoms with Crippen LogP contribution < -0.4 is 15.1 Å². The van der Waals surface area contributed by atoms with Crippen molar-refractivity contribution in [3.8, 4) is 5.75 Å². The number of hydrogen-bond acceptors (Lipinski definition) is 6. The lowest BCUT2D eigenvalue weighted by molar-refractivity contribution is -0.215.